The summed E-state index contributed by atoms with van der Waals surface area (Å²) in [7, 11) is 0. The standard InChI is InChI=1S/C28H21Cl2F2N3O8/c29-18-10-33-11-19(30)17(18)9-22(15-6-7-21(43-28(31)32)23(8-15)41-13-14-4-5-14)42-24(36)12-34-26(37)16-2-1-3-20(35(39)40)25(16)27(34)38/h1-3,6-8,10-11,14,22,28H,4-5,9,12-13H2/p+1/t22-/m0/s1. The van der Waals surface area contributed by atoms with Crippen molar-refractivity contribution in [1.29, 1.82) is 0 Å². The summed E-state index contributed by atoms with van der Waals surface area (Å²) in [6.07, 6.45) is 3.54. The number of amides is 2. The molecule has 0 bridgehead atoms. The lowest BCUT2D eigenvalue weighted by Crippen LogP contribution is -2.36. The van der Waals surface area contributed by atoms with Gasteiger partial charge in [0.15, 0.2) is 23.9 Å². The third kappa shape index (κ3) is 6.67. The number of imide groups is 1. The Hall–Kier alpha value is -4.36. The van der Waals surface area contributed by atoms with Crippen LogP contribution < -0.4 is 14.5 Å². The number of nitrogens with one attached hydrogen (secondary N) is 1. The quantitative estimate of drug-likeness (QED) is 0.114. The monoisotopic (exact) mass is 636 g/mol. The third-order valence-electron chi connectivity index (χ3n) is 6.85. The van der Waals surface area contributed by atoms with Crippen LogP contribution in [0.1, 0.15) is 50.8 Å². The second-order valence-electron chi connectivity index (χ2n) is 9.80. The molecule has 2 heterocycles. The maximum absolute atomic E-state index is 13.2. The molecule has 2 aromatic carbocycles. The summed E-state index contributed by atoms with van der Waals surface area (Å²) >= 11 is 12.7. The highest BCUT2D eigenvalue weighted by Gasteiger charge is 2.42. The number of nitro groups is 1. The molecule has 0 radical (unpaired) electrons. The van der Waals surface area contributed by atoms with Crippen LogP contribution in [0.25, 0.3) is 0 Å². The predicted octanol–water partition coefficient (Wildman–Crippen LogP) is 5.23. The molecule has 1 aromatic heterocycles. The zero-order valence-electron chi connectivity index (χ0n) is 22.1. The summed E-state index contributed by atoms with van der Waals surface area (Å²) in [5.74, 6) is -2.89. The van der Waals surface area contributed by atoms with Gasteiger partial charge in [-0.3, -0.25) is 29.4 Å². The fourth-order valence-corrected chi connectivity index (χ4v) is 5.08. The van der Waals surface area contributed by atoms with E-state index in [-0.39, 0.29) is 46.1 Å². The summed E-state index contributed by atoms with van der Waals surface area (Å²) in [5, 5.41) is 11.8. The molecule has 0 unspecified atom stereocenters. The van der Waals surface area contributed by atoms with Gasteiger partial charge in [-0.15, -0.1) is 0 Å². The normalized spacial score (nSPS) is 15.0. The minimum absolute atomic E-state index is 0.00278. The average Bonchev–Trinajstić information content (AvgIpc) is 3.76. The molecule has 1 atom stereocenters. The van der Waals surface area contributed by atoms with Crippen LogP contribution in [0.3, 0.4) is 0 Å². The van der Waals surface area contributed by atoms with Gasteiger partial charge in [0.05, 0.1) is 17.1 Å². The first-order chi connectivity index (χ1) is 20.5. The number of nitro benzene ring substituents is 1. The second-order valence-corrected chi connectivity index (χ2v) is 10.6. The van der Waals surface area contributed by atoms with Crippen LogP contribution in [0.2, 0.25) is 10.0 Å². The van der Waals surface area contributed by atoms with Gasteiger partial charge in [-0.05, 0) is 42.5 Å². The Kier molecular flexibility index (Phi) is 8.74. The summed E-state index contributed by atoms with van der Waals surface area (Å²) in [6.45, 7) is -3.70. The van der Waals surface area contributed by atoms with E-state index in [0.29, 0.717) is 16.0 Å². The van der Waals surface area contributed by atoms with E-state index < -0.39 is 53.2 Å². The molecule has 1 N–H and O–H groups in total. The molecule has 1 fully saturated rings. The van der Waals surface area contributed by atoms with Gasteiger partial charge in [0.2, 0.25) is 0 Å². The first kappa shape index (κ1) is 30.1. The smallest absolute Gasteiger partial charge is 0.387 e. The number of rotatable bonds is 12. The lowest BCUT2D eigenvalue weighted by molar-refractivity contribution is -0.385. The van der Waals surface area contributed by atoms with E-state index in [1.807, 2.05) is 0 Å². The molecule has 2 amide bonds. The molecule has 0 saturated heterocycles. The fraction of sp³-hybridized carbons (Fsp3) is 0.286. The number of aromatic amines is 1. The van der Waals surface area contributed by atoms with Crippen molar-refractivity contribution in [2.24, 2.45) is 5.92 Å². The number of hydrogen-bond acceptors (Lipinski definition) is 8. The Morgan fingerprint density at radius 1 is 1.09 bits per heavy atom. The molecule has 43 heavy (non-hydrogen) atoms. The van der Waals surface area contributed by atoms with Crippen molar-refractivity contribution in [3.63, 3.8) is 0 Å². The molecular formula is C28H22Cl2F2N3O8+. The third-order valence-corrected chi connectivity index (χ3v) is 7.52. The van der Waals surface area contributed by atoms with Gasteiger partial charge < -0.3 is 14.2 Å². The highest BCUT2D eigenvalue weighted by Crippen LogP contribution is 2.38. The Bertz CT molecular complexity index is 1600. The van der Waals surface area contributed by atoms with Crippen molar-refractivity contribution in [2.75, 3.05) is 13.2 Å². The van der Waals surface area contributed by atoms with Crippen molar-refractivity contribution in [1.82, 2.24) is 4.90 Å². The topological polar surface area (TPSA) is 139 Å². The first-order valence-electron chi connectivity index (χ1n) is 12.9. The highest BCUT2D eigenvalue weighted by molar-refractivity contribution is 6.35. The van der Waals surface area contributed by atoms with Crippen LogP contribution in [0.5, 0.6) is 11.5 Å². The molecule has 224 valence electrons. The number of alkyl halides is 2. The number of nitrogens with zero attached hydrogens (tertiary/aromatic N) is 2. The maximum Gasteiger partial charge on any atom is 0.387 e. The fourth-order valence-electron chi connectivity index (χ4n) is 4.54. The van der Waals surface area contributed by atoms with Crippen LogP contribution in [0.15, 0.2) is 48.8 Å². The lowest BCUT2D eigenvalue weighted by Gasteiger charge is -2.22. The lowest BCUT2D eigenvalue weighted by atomic mass is 10.0. The summed E-state index contributed by atoms with van der Waals surface area (Å²) in [5.41, 5.74) is -0.536. The largest absolute Gasteiger partial charge is 0.489 e. The summed E-state index contributed by atoms with van der Waals surface area (Å²) in [6, 6.07) is 7.61. The van der Waals surface area contributed by atoms with E-state index in [2.05, 4.69) is 9.72 Å². The van der Waals surface area contributed by atoms with Crippen molar-refractivity contribution in [3.8, 4) is 11.5 Å². The number of H-pyrrole nitrogens is 1. The van der Waals surface area contributed by atoms with Crippen LogP contribution in [0.4, 0.5) is 14.5 Å². The van der Waals surface area contributed by atoms with Crippen LogP contribution >= 0.6 is 23.2 Å². The van der Waals surface area contributed by atoms with Crippen molar-refractivity contribution >= 4 is 46.7 Å². The number of carbonyl (C=O) groups excluding carboxylic acids is 3. The van der Waals surface area contributed by atoms with Gasteiger partial charge in [0.1, 0.15) is 28.3 Å². The first-order valence-corrected chi connectivity index (χ1v) is 13.7. The molecule has 1 aliphatic carbocycles. The Morgan fingerprint density at radius 3 is 2.47 bits per heavy atom. The van der Waals surface area contributed by atoms with Crippen LogP contribution in [-0.2, 0) is 16.0 Å². The Balaban J connectivity index is 1.43. The number of ether oxygens (including phenoxy) is 3. The number of halogens is 4. The van der Waals surface area contributed by atoms with Gasteiger partial charge in [-0.25, -0.2) is 4.98 Å². The molecule has 1 saturated carbocycles. The number of fused-ring (bicyclic) bond motifs is 1. The van der Waals surface area contributed by atoms with E-state index >= 15 is 0 Å². The minimum Gasteiger partial charge on any atom is -0.489 e. The molecule has 15 heteroatoms. The summed E-state index contributed by atoms with van der Waals surface area (Å²) in [4.78, 5) is 53.0. The number of carbonyl (C=O) groups is 3. The van der Waals surface area contributed by atoms with E-state index in [9.17, 15) is 33.3 Å². The van der Waals surface area contributed by atoms with Gasteiger partial charge >= 0.3 is 12.6 Å². The molecule has 5 rings (SSSR count). The predicted molar refractivity (Wildman–Crippen MR) is 145 cm³/mol. The van der Waals surface area contributed by atoms with Gasteiger partial charge in [-0.1, -0.05) is 35.3 Å². The molecule has 11 nitrogen and oxygen atoms in total. The number of pyridine rings is 1. The zero-order chi connectivity index (χ0) is 30.8. The van der Waals surface area contributed by atoms with Crippen molar-refractivity contribution in [3.05, 3.63) is 91.2 Å². The van der Waals surface area contributed by atoms with E-state index in [4.69, 9.17) is 32.7 Å². The molecular weight excluding hydrogens is 615 g/mol. The maximum atomic E-state index is 13.2. The SMILES string of the molecule is O=C(CN1C(=O)c2cccc([N+](=O)[O-])c2C1=O)O[C@@H](Cc1c(Cl)c[nH+]cc1Cl)c1ccc(OC(F)F)c(OCC2CC2)c1. The Labute approximate surface area is 252 Å². The van der Waals surface area contributed by atoms with Crippen LogP contribution in [-0.4, -0.2) is 47.4 Å². The van der Waals surface area contributed by atoms with E-state index in [1.54, 1.807) is 0 Å². The van der Waals surface area contributed by atoms with E-state index in [0.717, 1.165) is 18.9 Å². The summed E-state index contributed by atoms with van der Waals surface area (Å²) < 4.78 is 42.2. The van der Waals surface area contributed by atoms with Gasteiger partial charge in [0.25, 0.3) is 17.5 Å². The number of aromatic nitrogens is 1. The van der Waals surface area contributed by atoms with Crippen LogP contribution in [0, 0.1) is 16.0 Å². The number of benzene rings is 2. The van der Waals surface area contributed by atoms with Gasteiger partial charge in [-0.2, -0.15) is 8.78 Å². The highest BCUT2D eigenvalue weighted by atomic mass is 35.5. The molecule has 0 spiro atoms. The van der Waals surface area contributed by atoms with Crippen molar-refractivity contribution < 1.29 is 47.3 Å². The molecule has 1 aliphatic heterocycles. The molecule has 2 aliphatic rings. The minimum atomic E-state index is -3.11. The zero-order valence-corrected chi connectivity index (χ0v) is 23.6. The molecule has 3 aromatic rings. The van der Waals surface area contributed by atoms with Crippen molar-refractivity contribution in [2.45, 2.75) is 32.0 Å². The number of hydrogen-bond donors (Lipinski definition) is 0. The Morgan fingerprint density at radius 2 is 1.81 bits per heavy atom. The second kappa shape index (κ2) is 12.5. The number of esters is 1. The van der Waals surface area contributed by atoms with E-state index in [1.165, 1.54) is 42.7 Å². The van der Waals surface area contributed by atoms with Gasteiger partial charge in [0, 0.05) is 18.1 Å². The average molecular weight is 637 g/mol.